The minimum atomic E-state index is -1.56. The first-order chi connectivity index (χ1) is 16.0. The summed E-state index contributed by atoms with van der Waals surface area (Å²) in [7, 11) is -1.56. The largest absolute Gasteiger partial charge is 0.444 e. The van der Waals surface area contributed by atoms with Gasteiger partial charge in [-0.15, -0.1) is 0 Å². The lowest BCUT2D eigenvalue weighted by molar-refractivity contribution is -0.0207. The number of carbonyl (C=O) groups is 1. The molecular weight excluding hydrogens is 438 g/mol. The van der Waals surface area contributed by atoms with Crippen LogP contribution in [0.25, 0.3) is 0 Å². The van der Waals surface area contributed by atoms with E-state index in [-0.39, 0.29) is 6.09 Å². The number of hydrogen-bond donors (Lipinski definition) is 0. The normalized spacial score (nSPS) is 30.6. The molecule has 5 atom stereocenters. The molecule has 34 heavy (non-hydrogen) atoms. The smallest absolute Gasteiger partial charge is 0.410 e. The Morgan fingerprint density at radius 3 is 2.26 bits per heavy atom. The second-order valence-corrected chi connectivity index (χ2v) is 17.8. The van der Waals surface area contributed by atoms with Crippen LogP contribution in [0.15, 0.2) is 0 Å². The van der Waals surface area contributed by atoms with Gasteiger partial charge in [-0.1, -0.05) is 41.0 Å². The van der Waals surface area contributed by atoms with Gasteiger partial charge in [0.25, 0.3) is 0 Å². The fraction of sp³-hybridized carbons (Fsp3) is 0.966. The van der Waals surface area contributed by atoms with Gasteiger partial charge in [0.15, 0.2) is 8.32 Å². The lowest BCUT2D eigenvalue weighted by Gasteiger charge is -2.49. The quantitative estimate of drug-likeness (QED) is 0.271. The van der Waals surface area contributed by atoms with E-state index in [1.807, 2.05) is 25.7 Å². The van der Waals surface area contributed by atoms with Crippen molar-refractivity contribution in [2.45, 2.75) is 149 Å². The topological polar surface area (TPSA) is 38.8 Å². The molecule has 0 saturated heterocycles. The van der Waals surface area contributed by atoms with Gasteiger partial charge in [0.2, 0.25) is 0 Å². The van der Waals surface area contributed by atoms with Crippen molar-refractivity contribution in [2.24, 2.45) is 23.2 Å². The van der Waals surface area contributed by atoms with E-state index in [0.717, 1.165) is 37.6 Å². The molecule has 0 radical (unpaired) electrons. The Hall–Kier alpha value is -0.553. The minimum absolute atomic E-state index is 0.113. The highest BCUT2D eigenvalue weighted by molar-refractivity contribution is 6.73. The van der Waals surface area contributed by atoms with Gasteiger partial charge in [0.1, 0.15) is 5.60 Å². The summed E-state index contributed by atoms with van der Waals surface area (Å²) in [5.41, 5.74) is 0.0113. The van der Waals surface area contributed by atoms with Crippen LogP contribution in [-0.4, -0.2) is 43.6 Å². The maximum Gasteiger partial charge on any atom is 0.410 e. The number of amides is 1. The Bertz CT molecular complexity index is 661. The van der Waals surface area contributed by atoms with Gasteiger partial charge in [-0.2, -0.15) is 0 Å². The molecule has 0 N–H and O–H groups in total. The monoisotopic (exact) mass is 493 g/mol. The first kappa shape index (κ1) is 28.0. The van der Waals surface area contributed by atoms with Gasteiger partial charge in [0, 0.05) is 18.7 Å². The molecule has 0 unspecified atom stereocenters. The zero-order valence-electron chi connectivity index (χ0n) is 23.8. The molecule has 0 bridgehead atoms. The van der Waals surface area contributed by atoms with Gasteiger partial charge in [-0.25, -0.2) is 4.79 Å². The zero-order valence-corrected chi connectivity index (χ0v) is 24.8. The third kappa shape index (κ3) is 6.41. The Balaban J connectivity index is 1.57. The molecule has 0 aromatic heterocycles. The van der Waals surface area contributed by atoms with E-state index >= 15 is 0 Å². The fourth-order valence-electron chi connectivity index (χ4n) is 7.47. The molecule has 0 spiro atoms. The van der Waals surface area contributed by atoms with Gasteiger partial charge >= 0.3 is 6.09 Å². The highest BCUT2D eigenvalue weighted by Crippen LogP contribution is 2.59. The van der Waals surface area contributed by atoms with Crippen molar-refractivity contribution < 1.29 is 14.0 Å². The first-order valence-electron chi connectivity index (χ1n) is 14.7. The third-order valence-corrected chi connectivity index (χ3v) is 14.5. The van der Waals surface area contributed by atoms with Crippen LogP contribution in [0.2, 0.25) is 18.1 Å². The number of carbonyl (C=O) groups excluding carboxylic acids is 1. The minimum Gasteiger partial charge on any atom is -0.444 e. The van der Waals surface area contributed by atoms with Crippen molar-refractivity contribution >= 4 is 14.4 Å². The summed E-state index contributed by atoms with van der Waals surface area (Å²) in [6.45, 7) is 18.9. The van der Waals surface area contributed by atoms with Crippen molar-refractivity contribution in [3.8, 4) is 0 Å². The number of hydrogen-bond acceptors (Lipinski definition) is 3. The van der Waals surface area contributed by atoms with Crippen LogP contribution >= 0.6 is 0 Å². The molecule has 0 aromatic rings. The Morgan fingerprint density at radius 2 is 1.71 bits per heavy atom. The van der Waals surface area contributed by atoms with Crippen LogP contribution in [0.3, 0.4) is 0 Å². The van der Waals surface area contributed by atoms with Gasteiger partial charge in [-0.3, -0.25) is 0 Å². The van der Waals surface area contributed by atoms with Crippen LogP contribution in [0.4, 0.5) is 4.79 Å². The van der Waals surface area contributed by atoms with Crippen LogP contribution < -0.4 is 0 Å². The third-order valence-electron chi connectivity index (χ3n) is 9.83. The molecule has 0 aromatic carbocycles. The molecule has 4 nitrogen and oxygen atoms in total. The predicted octanol–water partition coefficient (Wildman–Crippen LogP) is 8.41. The van der Waals surface area contributed by atoms with Crippen molar-refractivity contribution in [2.75, 3.05) is 6.54 Å². The van der Waals surface area contributed by atoms with E-state index in [2.05, 4.69) is 34.6 Å². The Morgan fingerprint density at radius 1 is 1.06 bits per heavy atom. The summed E-state index contributed by atoms with van der Waals surface area (Å²) >= 11 is 0. The number of ether oxygens (including phenoxy) is 1. The molecule has 5 heteroatoms. The van der Waals surface area contributed by atoms with E-state index in [1.54, 1.807) is 0 Å². The van der Waals surface area contributed by atoms with Crippen LogP contribution in [0.5, 0.6) is 0 Å². The van der Waals surface area contributed by atoms with Crippen LogP contribution in [0, 0.1) is 23.2 Å². The van der Waals surface area contributed by atoms with E-state index in [4.69, 9.17) is 9.16 Å². The van der Waals surface area contributed by atoms with Crippen molar-refractivity contribution in [1.29, 1.82) is 0 Å². The van der Waals surface area contributed by atoms with E-state index in [0.29, 0.717) is 23.5 Å². The molecule has 3 aliphatic rings. The zero-order chi connectivity index (χ0) is 25.1. The van der Waals surface area contributed by atoms with Crippen LogP contribution in [-0.2, 0) is 9.16 Å². The maximum atomic E-state index is 12.7. The molecule has 3 saturated carbocycles. The summed E-state index contributed by atoms with van der Waals surface area (Å²) in [4.78, 5) is 14.7. The van der Waals surface area contributed by atoms with Crippen LogP contribution in [0.1, 0.15) is 113 Å². The van der Waals surface area contributed by atoms with E-state index in [1.165, 1.54) is 56.7 Å². The summed E-state index contributed by atoms with van der Waals surface area (Å²) in [5, 5.41) is 0. The van der Waals surface area contributed by atoms with Gasteiger partial charge in [0.05, 0.1) is 0 Å². The fourth-order valence-corrected chi connectivity index (χ4v) is 10.4. The molecular formula is C29H55NO3Si. The molecule has 3 aliphatic carbocycles. The molecule has 3 fully saturated rings. The summed E-state index contributed by atoms with van der Waals surface area (Å²) in [5.74, 6) is 2.25. The Labute approximate surface area is 212 Å². The Kier molecular flexibility index (Phi) is 9.26. The SMILES string of the molecule is CC[Si](CC)(CC)O[C@H]1CCC[C@]2(C)[C@@H]([C@H](C)CCCN(C(=O)OC(C)(C)C)C3CC3)CC[C@@H]12. The standard InChI is InChI=1S/C29H55NO3Si/c1-9-34(10-2,11-3)33-26-15-12-20-29(8)24(18-19-25(26)29)22(4)14-13-21-30(23-16-17-23)27(31)32-28(5,6)7/h22-26H,9-21H2,1-8H3/t22-,24-,25+,26+,29-/m1/s1. The van der Waals surface area contributed by atoms with Crippen molar-refractivity contribution in [3.63, 3.8) is 0 Å². The lowest BCUT2D eigenvalue weighted by atomic mass is 9.61. The van der Waals surface area contributed by atoms with Crippen molar-refractivity contribution in [1.82, 2.24) is 4.90 Å². The molecule has 3 rings (SSSR count). The second-order valence-electron chi connectivity index (χ2n) is 13.1. The molecule has 0 heterocycles. The van der Waals surface area contributed by atoms with Crippen molar-refractivity contribution in [3.05, 3.63) is 0 Å². The lowest BCUT2D eigenvalue weighted by Crippen LogP contribution is -2.48. The average molecular weight is 494 g/mol. The number of rotatable bonds is 11. The summed E-state index contributed by atoms with van der Waals surface area (Å²) < 4.78 is 12.8. The average Bonchev–Trinajstić information content (AvgIpc) is 3.54. The molecule has 0 aliphatic heterocycles. The maximum absolute atomic E-state index is 12.7. The highest BCUT2D eigenvalue weighted by Gasteiger charge is 2.53. The van der Waals surface area contributed by atoms with Gasteiger partial charge < -0.3 is 14.1 Å². The van der Waals surface area contributed by atoms with Gasteiger partial charge in [-0.05, 0) is 113 Å². The number of fused-ring (bicyclic) bond motifs is 1. The van der Waals surface area contributed by atoms with E-state index < -0.39 is 13.9 Å². The molecule has 1 amide bonds. The summed E-state index contributed by atoms with van der Waals surface area (Å²) in [6, 6.07) is 4.19. The highest BCUT2D eigenvalue weighted by atomic mass is 28.4. The molecule has 198 valence electrons. The first-order valence-corrected chi connectivity index (χ1v) is 17.2. The van der Waals surface area contributed by atoms with E-state index in [9.17, 15) is 4.79 Å². The predicted molar refractivity (Wildman–Crippen MR) is 145 cm³/mol. The second kappa shape index (κ2) is 11.2. The number of nitrogens with zero attached hydrogens (tertiary/aromatic N) is 1. The summed E-state index contributed by atoms with van der Waals surface area (Å²) in [6.07, 6.45) is 11.7.